The molecular weight excluding hydrogens is 433 g/mol. The van der Waals surface area contributed by atoms with Gasteiger partial charge in [0.05, 0.1) is 16.9 Å². The van der Waals surface area contributed by atoms with Gasteiger partial charge in [0.25, 0.3) is 5.91 Å². The highest BCUT2D eigenvalue weighted by Gasteiger charge is 2.26. The number of aromatic nitrogens is 2. The average Bonchev–Trinajstić information content (AvgIpc) is 2.66. The third-order valence-electron chi connectivity index (χ3n) is 3.53. The molecule has 8 nitrogen and oxygen atoms in total. The van der Waals surface area contributed by atoms with E-state index in [1.54, 1.807) is 39.8 Å². The molecule has 162 valence electrons. The Morgan fingerprint density at radius 1 is 1.10 bits per heavy atom. The van der Waals surface area contributed by atoms with Gasteiger partial charge in [-0.3, -0.25) is 9.78 Å². The fourth-order valence-corrected chi connectivity index (χ4v) is 2.44. The molecule has 0 aromatic carbocycles. The summed E-state index contributed by atoms with van der Waals surface area (Å²) in [7, 11) is 0. The Balaban J connectivity index is 1.97. The summed E-state index contributed by atoms with van der Waals surface area (Å²) >= 11 is 11.9. The van der Waals surface area contributed by atoms with E-state index in [-0.39, 0.29) is 24.1 Å². The van der Waals surface area contributed by atoms with Crippen molar-refractivity contribution in [2.24, 2.45) is 0 Å². The highest BCUT2D eigenvalue weighted by atomic mass is 35.5. The summed E-state index contributed by atoms with van der Waals surface area (Å²) in [6.07, 6.45) is 2.12. The maximum absolute atomic E-state index is 12.4. The van der Waals surface area contributed by atoms with E-state index in [2.05, 4.69) is 9.97 Å². The van der Waals surface area contributed by atoms with Crippen molar-refractivity contribution in [3.63, 3.8) is 0 Å². The maximum Gasteiger partial charge on any atom is 0.417 e. The summed E-state index contributed by atoms with van der Waals surface area (Å²) in [4.78, 5) is 33.6. The van der Waals surface area contributed by atoms with Gasteiger partial charge in [0.1, 0.15) is 23.0 Å². The Morgan fingerprint density at radius 2 is 1.83 bits per heavy atom. The van der Waals surface area contributed by atoms with Gasteiger partial charge in [0.2, 0.25) is 5.88 Å². The molecule has 0 unspecified atom stereocenters. The Hall–Kier alpha value is -2.58. The van der Waals surface area contributed by atoms with Crippen molar-refractivity contribution in [1.29, 1.82) is 0 Å². The van der Waals surface area contributed by atoms with Crippen LogP contribution in [0.15, 0.2) is 30.6 Å². The number of rotatable bonds is 7. The van der Waals surface area contributed by atoms with Crippen LogP contribution in [-0.2, 0) is 16.1 Å². The number of imide groups is 1. The second-order valence-corrected chi connectivity index (χ2v) is 7.96. The molecule has 2 amide bonds. The summed E-state index contributed by atoms with van der Waals surface area (Å²) in [6, 6.07) is 4.88. The number of halogens is 2. The Bertz CT molecular complexity index is 885. The van der Waals surface area contributed by atoms with E-state index in [4.69, 9.17) is 37.4 Å². The van der Waals surface area contributed by atoms with E-state index in [0.717, 1.165) is 4.90 Å². The van der Waals surface area contributed by atoms with Crippen LogP contribution in [-0.4, -0.2) is 45.6 Å². The number of carbonyl (C=O) groups is 2. The van der Waals surface area contributed by atoms with Gasteiger partial charge >= 0.3 is 6.09 Å². The second-order valence-electron chi connectivity index (χ2n) is 7.12. The van der Waals surface area contributed by atoms with E-state index in [9.17, 15) is 9.59 Å². The van der Waals surface area contributed by atoms with E-state index in [1.807, 2.05) is 0 Å². The number of hydrogen-bond acceptors (Lipinski definition) is 7. The number of likely N-dealkylation sites (N-methyl/N-ethyl adjacent to an activating group) is 1. The minimum absolute atomic E-state index is 0.118. The molecule has 10 heteroatoms. The Labute approximate surface area is 185 Å². The van der Waals surface area contributed by atoms with Gasteiger partial charge in [-0.1, -0.05) is 23.2 Å². The SMILES string of the molecule is CCN(C(=O)COc1cc(OCc2ccc(Cl)cn2)c(Cl)cn1)C(=O)OC(C)(C)C. The van der Waals surface area contributed by atoms with E-state index in [1.165, 1.54) is 18.5 Å². The van der Waals surface area contributed by atoms with E-state index in [0.29, 0.717) is 16.5 Å². The minimum atomic E-state index is -0.734. The first kappa shape index (κ1) is 23.7. The number of ether oxygens (including phenoxy) is 3. The first-order valence-electron chi connectivity index (χ1n) is 9.14. The molecule has 0 fully saturated rings. The smallest absolute Gasteiger partial charge is 0.417 e. The van der Waals surface area contributed by atoms with Crippen LogP contribution in [0.5, 0.6) is 11.6 Å². The first-order valence-corrected chi connectivity index (χ1v) is 9.89. The zero-order chi connectivity index (χ0) is 22.3. The topological polar surface area (TPSA) is 90.9 Å². The molecule has 2 heterocycles. The lowest BCUT2D eigenvalue weighted by Crippen LogP contribution is -2.42. The quantitative estimate of drug-likeness (QED) is 0.605. The molecule has 0 radical (unpaired) electrons. The molecular formula is C20H23Cl2N3O5. The zero-order valence-corrected chi connectivity index (χ0v) is 18.7. The number of carbonyl (C=O) groups excluding carboxylic acids is 2. The molecule has 0 bridgehead atoms. The van der Waals surface area contributed by atoms with Crippen molar-refractivity contribution in [1.82, 2.24) is 14.9 Å². The largest absolute Gasteiger partial charge is 0.485 e. The summed E-state index contributed by atoms with van der Waals surface area (Å²) < 4.78 is 16.3. The second kappa shape index (κ2) is 10.4. The van der Waals surface area contributed by atoms with Crippen molar-refractivity contribution in [3.8, 4) is 11.6 Å². The maximum atomic E-state index is 12.4. The molecule has 0 aliphatic rings. The van der Waals surface area contributed by atoms with Crippen LogP contribution in [0.1, 0.15) is 33.4 Å². The van der Waals surface area contributed by atoms with E-state index >= 15 is 0 Å². The number of nitrogens with zero attached hydrogens (tertiary/aromatic N) is 3. The fraction of sp³-hybridized carbons (Fsp3) is 0.400. The van der Waals surface area contributed by atoms with Crippen molar-refractivity contribution >= 4 is 35.2 Å². The Kier molecular flexibility index (Phi) is 8.25. The molecule has 2 rings (SSSR count). The van der Waals surface area contributed by atoms with E-state index < -0.39 is 24.2 Å². The average molecular weight is 456 g/mol. The molecule has 0 atom stereocenters. The molecule has 2 aromatic heterocycles. The fourth-order valence-electron chi connectivity index (χ4n) is 2.17. The lowest BCUT2D eigenvalue weighted by atomic mass is 10.2. The minimum Gasteiger partial charge on any atom is -0.485 e. The van der Waals surface area contributed by atoms with Crippen molar-refractivity contribution in [2.45, 2.75) is 39.9 Å². The van der Waals surface area contributed by atoms with Crippen molar-refractivity contribution in [3.05, 3.63) is 46.3 Å². The van der Waals surface area contributed by atoms with Gasteiger partial charge in [0, 0.05) is 18.8 Å². The Morgan fingerprint density at radius 3 is 2.43 bits per heavy atom. The van der Waals surface area contributed by atoms with Gasteiger partial charge < -0.3 is 14.2 Å². The van der Waals surface area contributed by atoms with Crippen molar-refractivity contribution < 1.29 is 23.8 Å². The first-order chi connectivity index (χ1) is 14.1. The van der Waals surface area contributed by atoms with Gasteiger partial charge in [-0.05, 0) is 39.8 Å². The normalized spacial score (nSPS) is 11.0. The molecule has 0 aliphatic heterocycles. The number of pyridine rings is 2. The highest BCUT2D eigenvalue weighted by Crippen LogP contribution is 2.27. The van der Waals surface area contributed by atoms with Crippen LogP contribution in [0.4, 0.5) is 4.79 Å². The summed E-state index contributed by atoms with van der Waals surface area (Å²) in [5, 5.41) is 0.792. The van der Waals surface area contributed by atoms with Crippen LogP contribution in [0.2, 0.25) is 10.0 Å². The van der Waals surface area contributed by atoms with Gasteiger partial charge in [-0.25, -0.2) is 14.7 Å². The summed E-state index contributed by atoms with van der Waals surface area (Å²) in [6.45, 7) is 6.73. The van der Waals surface area contributed by atoms with Gasteiger partial charge in [0.15, 0.2) is 6.61 Å². The van der Waals surface area contributed by atoms with Gasteiger partial charge in [-0.2, -0.15) is 0 Å². The monoisotopic (exact) mass is 455 g/mol. The predicted molar refractivity (Wildman–Crippen MR) is 112 cm³/mol. The zero-order valence-electron chi connectivity index (χ0n) is 17.1. The molecule has 0 spiro atoms. The molecule has 0 aliphatic carbocycles. The van der Waals surface area contributed by atoms with Crippen LogP contribution < -0.4 is 9.47 Å². The number of amides is 2. The molecule has 30 heavy (non-hydrogen) atoms. The van der Waals surface area contributed by atoms with Crippen LogP contribution in [0, 0.1) is 0 Å². The van der Waals surface area contributed by atoms with Crippen LogP contribution in [0.3, 0.4) is 0 Å². The number of hydrogen-bond donors (Lipinski definition) is 0. The standard InChI is InChI=1S/C20H23Cl2N3O5/c1-5-25(19(27)30-20(2,3)4)18(26)12-29-17-8-16(15(22)10-24-17)28-11-14-7-6-13(21)9-23-14/h6-10H,5,11-12H2,1-4H3. The third-order valence-corrected chi connectivity index (χ3v) is 4.04. The lowest BCUT2D eigenvalue weighted by molar-refractivity contribution is -0.132. The predicted octanol–water partition coefficient (Wildman–Crippen LogP) is 4.52. The lowest BCUT2D eigenvalue weighted by Gasteiger charge is -2.25. The molecule has 2 aromatic rings. The van der Waals surface area contributed by atoms with Crippen molar-refractivity contribution in [2.75, 3.05) is 13.2 Å². The third kappa shape index (κ3) is 7.35. The van der Waals surface area contributed by atoms with Crippen LogP contribution >= 0.6 is 23.2 Å². The van der Waals surface area contributed by atoms with Gasteiger partial charge in [-0.15, -0.1) is 0 Å². The highest BCUT2D eigenvalue weighted by molar-refractivity contribution is 6.32. The molecule has 0 saturated carbocycles. The van der Waals surface area contributed by atoms with Crippen LogP contribution in [0.25, 0.3) is 0 Å². The summed E-state index contributed by atoms with van der Waals surface area (Å²) in [5.41, 5.74) is -0.0601. The molecule has 0 saturated heterocycles. The summed E-state index contributed by atoms with van der Waals surface area (Å²) in [5.74, 6) is -0.131. The molecule has 0 N–H and O–H groups in total.